The number of carbonyl (C=O) groups is 1. The largest absolute Gasteiger partial charge is 0.867 e. The fourth-order valence-electron chi connectivity index (χ4n) is 3.75. The normalized spacial score (nSPS) is 14.8. The van der Waals surface area contributed by atoms with Crippen molar-refractivity contribution in [3.8, 4) is 11.1 Å². The second-order valence-electron chi connectivity index (χ2n) is 7.51. The lowest BCUT2D eigenvalue weighted by atomic mass is 9.91. The molecule has 8 heteroatoms. The number of allylic oxidation sites excluding steroid dienone is 1. The van der Waals surface area contributed by atoms with E-state index in [1.807, 2.05) is 12.1 Å². The molecule has 0 fully saturated rings. The molecule has 5 rings (SSSR count). The third-order valence-corrected chi connectivity index (χ3v) is 6.72. The van der Waals surface area contributed by atoms with Gasteiger partial charge in [-0.25, -0.2) is 0 Å². The molecule has 2 aromatic carbocycles. The van der Waals surface area contributed by atoms with Crippen molar-refractivity contribution in [3.05, 3.63) is 115 Å². The van der Waals surface area contributed by atoms with Gasteiger partial charge in [0.05, 0.1) is 4.90 Å². The number of hydrogen-bond donors (Lipinski definition) is 0. The van der Waals surface area contributed by atoms with E-state index in [4.69, 9.17) is 0 Å². The first-order chi connectivity index (χ1) is 16.5. The van der Waals surface area contributed by atoms with E-state index in [0.29, 0.717) is 0 Å². The number of benzene rings is 2. The topological polar surface area (TPSA) is 103 Å². The monoisotopic (exact) mass is 467 g/mol. The number of nitrogens with zero attached hydrogens (tertiary/aromatic N) is 3. The Hall–Kier alpha value is -4.43. The van der Waals surface area contributed by atoms with Crippen LogP contribution in [0.25, 0.3) is 22.6 Å². The zero-order valence-electron chi connectivity index (χ0n) is 17.7. The van der Waals surface area contributed by atoms with Crippen molar-refractivity contribution in [1.82, 2.24) is 4.98 Å². The predicted octanol–water partition coefficient (Wildman–Crippen LogP) is 2.75. The number of rotatable bonds is 4. The number of pyridine rings is 2. The fourth-order valence-corrected chi connectivity index (χ4v) is 4.77. The highest BCUT2D eigenvalue weighted by atomic mass is 32.2. The Labute approximate surface area is 196 Å². The van der Waals surface area contributed by atoms with E-state index in [1.165, 1.54) is 22.8 Å². The van der Waals surface area contributed by atoms with Gasteiger partial charge in [-0.05, 0) is 46.7 Å². The van der Waals surface area contributed by atoms with Crippen LogP contribution in [0.3, 0.4) is 0 Å². The van der Waals surface area contributed by atoms with Crippen molar-refractivity contribution in [2.45, 2.75) is 4.90 Å². The molecule has 0 N–H and O–H groups in total. The Bertz CT molecular complexity index is 1560. The van der Waals surface area contributed by atoms with Gasteiger partial charge in [0.2, 0.25) is 11.5 Å². The number of carbonyl (C=O) groups excluding carboxylic acids is 1. The van der Waals surface area contributed by atoms with Gasteiger partial charge in [-0.1, -0.05) is 42.5 Å². The maximum absolute atomic E-state index is 13.5. The quantitative estimate of drug-likeness (QED) is 0.430. The van der Waals surface area contributed by atoms with Gasteiger partial charge in [0.25, 0.3) is 10.0 Å². The summed E-state index contributed by atoms with van der Waals surface area (Å²) in [5, 5.41) is 13.5. The molecule has 1 aliphatic carbocycles. The van der Waals surface area contributed by atoms with Gasteiger partial charge in [-0.3, -0.25) is 9.78 Å². The first-order valence-electron chi connectivity index (χ1n) is 10.3. The van der Waals surface area contributed by atoms with Crippen LogP contribution in [0, 0.1) is 0 Å². The SMILES string of the molecule is O=C1C(=NS(=O)(=O)c2ccccc2)C([n+]2ccc(-c3ccncc3)cc2)=C([O-])c2ccccc21. The van der Waals surface area contributed by atoms with E-state index in [9.17, 15) is 18.3 Å². The molecule has 0 atom stereocenters. The summed E-state index contributed by atoms with van der Waals surface area (Å²) in [5.41, 5.74) is 1.56. The number of sulfonamides is 1. The Morgan fingerprint density at radius 2 is 1.35 bits per heavy atom. The minimum absolute atomic E-state index is 0.0704. The Balaban J connectivity index is 1.69. The summed E-state index contributed by atoms with van der Waals surface area (Å²) in [5.74, 6) is -1.12. The van der Waals surface area contributed by atoms with Gasteiger partial charge >= 0.3 is 0 Å². The molecular formula is C26H17N3O4S. The molecule has 0 bridgehead atoms. The molecule has 2 heterocycles. The van der Waals surface area contributed by atoms with Gasteiger partial charge < -0.3 is 5.11 Å². The molecule has 34 heavy (non-hydrogen) atoms. The molecule has 0 spiro atoms. The standard InChI is InChI=1S/C26H17N3O4S/c30-25-21-8-4-5-9-22(21)26(31)24(23(25)28-34(32,33)20-6-2-1-3-7-20)29-16-12-19(13-17-29)18-10-14-27-15-11-18/h1-17H. The van der Waals surface area contributed by atoms with Crippen LogP contribution in [0.5, 0.6) is 0 Å². The average molecular weight is 468 g/mol. The number of ketones is 1. The van der Waals surface area contributed by atoms with E-state index in [0.717, 1.165) is 11.1 Å². The van der Waals surface area contributed by atoms with Crippen molar-refractivity contribution in [2.24, 2.45) is 4.40 Å². The molecule has 4 aromatic rings. The first kappa shape index (κ1) is 21.4. The average Bonchev–Trinajstić information content (AvgIpc) is 2.88. The Kier molecular flexibility index (Phi) is 5.35. The molecule has 166 valence electrons. The van der Waals surface area contributed by atoms with Gasteiger partial charge in [0.15, 0.2) is 18.1 Å². The third-order valence-electron chi connectivity index (χ3n) is 5.42. The third kappa shape index (κ3) is 3.80. The minimum atomic E-state index is -4.24. The molecule has 1 aliphatic rings. The summed E-state index contributed by atoms with van der Waals surface area (Å²) >= 11 is 0. The summed E-state index contributed by atoms with van der Waals surface area (Å²) < 4.78 is 31.3. The Morgan fingerprint density at radius 3 is 2.03 bits per heavy atom. The molecular weight excluding hydrogens is 450 g/mol. The highest BCUT2D eigenvalue weighted by Gasteiger charge is 2.35. The lowest BCUT2D eigenvalue weighted by molar-refractivity contribution is -0.577. The van der Waals surface area contributed by atoms with Crippen molar-refractivity contribution in [2.75, 3.05) is 0 Å². The maximum Gasteiger partial charge on any atom is 0.283 e. The number of Topliss-reactive ketones (excluding diaryl/α,β-unsaturated/α-hetero) is 1. The summed E-state index contributed by atoms with van der Waals surface area (Å²) in [4.78, 5) is 17.3. The molecule has 2 aromatic heterocycles. The molecule has 0 unspecified atom stereocenters. The summed E-state index contributed by atoms with van der Waals surface area (Å²) in [7, 11) is -4.24. The van der Waals surface area contributed by atoms with Gasteiger partial charge in [0.1, 0.15) is 0 Å². The van der Waals surface area contributed by atoms with Crippen molar-refractivity contribution in [3.63, 3.8) is 0 Å². The summed E-state index contributed by atoms with van der Waals surface area (Å²) in [6.07, 6.45) is 6.55. The molecule has 0 saturated heterocycles. The van der Waals surface area contributed by atoms with Crippen LogP contribution < -0.4 is 9.67 Å². The molecule has 0 saturated carbocycles. The molecule has 0 radical (unpaired) electrons. The Morgan fingerprint density at radius 1 is 0.765 bits per heavy atom. The lowest BCUT2D eigenvalue weighted by Crippen LogP contribution is -2.43. The zero-order chi connectivity index (χ0) is 23.7. The maximum atomic E-state index is 13.5. The highest BCUT2D eigenvalue weighted by Crippen LogP contribution is 2.28. The zero-order valence-corrected chi connectivity index (χ0v) is 18.5. The van der Waals surface area contributed by atoms with E-state index >= 15 is 0 Å². The van der Waals surface area contributed by atoms with Crippen LogP contribution in [-0.4, -0.2) is 24.9 Å². The van der Waals surface area contributed by atoms with E-state index < -0.39 is 27.3 Å². The fraction of sp³-hybridized carbons (Fsp3) is 0. The second kappa shape index (κ2) is 8.49. The number of aromatic nitrogens is 2. The van der Waals surface area contributed by atoms with Crippen LogP contribution in [0.15, 0.2) is 113 Å². The van der Waals surface area contributed by atoms with Crippen LogP contribution in [0.2, 0.25) is 0 Å². The van der Waals surface area contributed by atoms with Crippen LogP contribution in [-0.2, 0) is 10.0 Å². The smallest absolute Gasteiger partial charge is 0.283 e. The lowest BCUT2D eigenvalue weighted by Gasteiger charge is -2.23. The number of hydrogen-bond acceptors (Lipinski definition) is 5. The summed E-state index contributed by atoms with van der Waals surface area (Å²) in [6.45, 7) is 0. The predicted molar refractivity (Wildman–Crippen MR) is 125 cm³/mol. The van der Waals surface area contributed by atoms with Crippen LogP contribution >= 0.6 is 0 Å². The first-order valence-corrected chi connectivity index (χ1v) is 11.8. The van der Waals surface area contributed by atoms with Crippen molar-refractivity contribution >= 4 is 33.0 Å². The molecule has 0 amide bonds. The van der Waals surface area contributed by atoms with Crippen molar-refractivity contribution in [1.29, 1.82) is 0 Å². The highest BCUT2D eigenvalue weighted by molar-refractivity contribution is 7.90. The van der Waals surface area contributed by atoms with Crippen LogP contribution in [0.4, 0.5) is 0 Å². The number of fused-ring (bicyclic) bond motifs is 1. The minimum Gasteiger partial charge on any atom is -0.867 e. The molecule has 7 nitrogen and oxygen atoms in total. The molecule has 0 aliphatic heterocycles. The van der Waals surface area contributed by atoms with Crippen LogP contribution in [0.1, 0.15) is 15.9 Å². The van der Waals surface area contributed by atoms with Gasteiger partial charge in [-0.15, -0.1) is 4.40 Å². The van der Waals surface area contributed by atoms with E-state index in [1.54, 1.807) is 73.3 Å². The van der Waals surface area contributed by atoms with Gasteiger partial charge in [0, 0.05) is 30.1 Å². The van der Waals surface area contributed by atoms with E-state index in [2.05, 4.69) is 9.38 Å². The van der Waals surface area contributed by atoms with Gasteiger partial charge in [-0.2, -0.15) is 13.0 Å². The summed E-state index contributed by atoms with van der Waals surface area (Å²) in [6, 6.07) is 21.1. The van der Waals surface area contributed by atoms with Crippen molar-refractivity contribution < 1.29 is 22.9 Å². The van der Waals surface area contributed by atoms with E-state index in [-0.39, 0.29) is 21.7 Å². The second-order valence-corrected chi connectivity index (χ2v) is 9.11.